The monoisotopic (exact) mass is 595 g/mol. The first-order valence-corrected chi connectivity index (χ1v) is 13.6. The Bertz CT molecular complexity index is 1270. The highest BCUT2D eigenvalue weighted by atomic mass is 16.4. The minimum atomic E-state index is -1.26. The van der Waals surface area contributed by atoms with Crippen molar-refractivity contribution in [2.45, 2.75) is 32.4 Å². The molecule has 0 bridgehead atoms. The van der Waals surface area contributed by atoms with E-state index >= 15 is 0 Å². The van der Waals surface area contributed by atoms with Gasteiger partial charge in [-0.05, 0) is 67.1 Å². The number of benzene rings is 2. The second kappa shape index (κ2) is 17.9. The molecule has 2 heterocycles. The Hall–Kier alpha value is -4.81. The summed E-state index contributed by atoms with van der Waals surface area (Å²) in [5, 5.41) is 31.2. The van der Waals surface area contributed by atoms with E-state index in [2.05, 4.69) is 40.1 Å². The number of nitrogens with zero attached hydrogens (tertiary/aromatic N) is 2. The molecule has 1 fully saturated rings. The van der Waals surface area contributed by atoms with Crippen LogP contribution in [0.25, 0.3) is 0 Å². The van der Waals surface area contributed by atoms with Gasteiger partial charge >= 0.3 is 23.9 Å². The molecule has 4 rings (SSSR count). The van der Waals surface area contributed by atoms with Gasteiger partial charge < -0.3 is 26.2 Å². The Kier molecular flexibility index (Phi) is 14.3. The van der Waals surface area contributed by atoms with Gasteiger partial charge in [0.2, 0.25) is 5.91 Å². The van der Waals surface area contributed by atoms with Crippen LogP contribution in [0, 0.1) is 5.92 Å². The summed E-state index contributed by atoms with van der Waals surface area (Å²) in [4.78, 5) is 54.7. The van der Waals surface area contributed by atoms with Crippen LogP contribution < -0.4 is 5.73 Å². The van der Waals surface area contributed by atoms with Crippen LogP contribution in [0.5, 0.6) is 0 Å². The number of rotatable bonds is 9. The number of hydrogen-bond donors (Lipinski definition) is 5. The van der Waals surface area contributed by atoms with Gasteiger partial charge in [0.15, 0.2) is 0 Å². The maximum atomic E-state index is 11.4. The average molecular weight is 596 g/mol. The Balaban J connectivity index is 0.000000334. The van der Waals surface area contributed by atoms with Crippen LogP contribution >= 0.6 is 0 Å². The number of carbonyl (C=O) groups excluding carboxylic acids is 1. The number of aliphatic carboxylic acids is 4. The maximum absolute atomic E-state index is 11.4. The van der Waals surface area contributed by atoms with Crippen LogP contribution in [0.4, 0.5) is 0 Å². The summed E-state index contributed by atoms with van der Waals surface area (Å²) < 4.78 is 0. The lowest BCUT2D eigenvalue weighted by molar-refractivity contribution is -0.134. The smallest absolute Gasteiger partial charge is 0.328 e. The molecule has 0 radical (unpaired) electrons. The lowest BCUT2D eigenvalue weighted by atomic mass is 9.93. The number of fused-ring (bicyclic) bond motifs is 1. The zero-order valence-corrected chi connectivity index (χ0v) is 23.7. The third-order valence-electron chi connectivity index (χ3n) is 6.79. The Morgan fingerprint density at radius 2 is 1.26 bits per heavy atom. The van der Waals surface area contributed by atoms with Crippen molar-refractivity contribution in [3.05, 3.63) is 95.1 Å². The molecule has 6 N–H and O–H groups in total. The zero-order valence-electron chi connectivity index (χ0n) is 23.7. The van der Waals surface area contributed by atoms with Crippen LogP contribution in [0.1, 0.15) is 39.9 Å². The van der Waals surface area contributed by atoms with E-state index in [9.17, 15) is 24.0 Å². The fraction of sp³-hybridized carbons (Fsp3) is 0.323. The van der Waals surface area contributed by atoms with Gasteiger partial charge in [0, 0.05) is 56.0 Å². The van der Waals surface area contributed by atoms with Gasteiger partial charge in [-0.3, -0.25) is 14.6 Å². The fourth-order valence-corrected chi connectivity index (χ4v) is 4.77. The predicted octanol–water partition coefficient (Wildman–Crippen LogP) is 2.48. The van der Waals surface area contributed by atoms with Gasteiger partial charge in [-0.25, -0.2) is 19.2 Å². The molecule has 1 amide bonds. The number of carboxylic acid groups (broad SMARTS) is 4. The quantitative estimate of drug-likeness (QED) is 0.267. The third kappa shape index (κ3) is 14.1. The van der Waals surface area contributed by atoms with Gasteiger partial charge in [-0.1, -0.05) is 36.4 Å². The molecule has 0 spiro atoms. The van der Waals surface area contributed by atoms with Crippen molar-refractivity contribution < 1.29 is 44.4 Å². The van der Waals surface area contributed by atoms with Crippen molar-refractivity contribution in [1.82, 2.24) is 9.80 Å². The molecule has 12 nitrogen and oxygen atoms in total. The van der Waals surface area contributed by atoms with Crippen LogP contribution in [-0.4, -0.2) is 86.2 Å². The molecule has 230 valence electrons. The van der Waals surface area contributed by atoms with Gasteiger partial charge in [-0.2, -0.15) is 0 Å². The number of piperidine rings is 1. The summed E-state index contributed by atoms with van der Waals surface area (Å²) in [5.41, 5.74) is 10.2. The molecule has 0 atom stereocenters. The second-order valence-electron chi connectivity index (χ2n) is 10.1. The number of primary amides is 1. The average Bonchev–Trinajstić information content (AvgIpc) is 2.97. The number of amides is 1. The molecular formula is C31H37N3O9. The van der Waals surface area contributed by atoms with Crippen molar-refractivity contribution in [2.75, 3.05) is 26.2 Å². The van der Waals surface area contributed by atoms with Crippen molar-refractivity contribution in [1.29, 1.82) is 0 Å². The zero-order chi connectivity index (χ0) is 31.8. The van der Waals surface area contributed by atoms with Crippen molar-refractivity contribution >= 4 is 29.8 Å². The maximum Gasteiger partial charge on any atom is 0.328 e. The van der Waals surface area contributed by atoms with Crippen LogP contribution in [0.15, 0.2) is 72.8 Å². The molecule has 2 aliphatic rings. The molecule has 0 saturated carbocycles. The lowest BCUT2D eigenvalue weighted by Crippen LogP contribution is -2.40. The molecular weight excluding hydrogens is 558 g/mol. The van der Waals surface area contributed by atoms with E-state index in [0.29, 0.717) is 29.9 Å². The summed E-state index contributed by atoms with van der Waals surface area (Å²) in [7, 11) is 0. The highest BCUT2D eigenvalue weighted by Gasteiger charge is 2.23. The predicted molar refractivity (Wildman–Crippen MR) is 157 cm³/mol. The minimum Gasteiger partial charge on any atom is -0.478 e. The standard InChI is InChI=1S/C23H29N3O.2C4H4O4/c24-23(27)21-7-3-4-19(14-21)16-25-11-8-18(9-12-25)15-26-13-10-20-5-1-2-6-22(20)17-26;2*5-3(6)1-2-4(7)8/h1-7,14,18H,8-13,15-17H2,(H2,24,27);2*1-2H,(H,5,6)(H,7,8)/b;2*2-1+. The summed E-state index contributed by atoms with van der Waals surface area (Å²) in [6, 6.07) is 16.6. The molecule has 0 aromatic heterocycles. The summed E-state index contributed by atoms with van der Waals surface area (Å²) >= 11 is 0. The molecule has 2 aromatic carbocycles. The van der Waals surface area contributed by atoms with Crippen molar-refractivity contribution in [3.8, 4) is 0 Å². The van der Waals surface area contributed by atoms with E-state index in [1.54, 1.807) is 6.07 Å². The van der Waals surface area contributed by atoms with Crippen LogP contribution in [0.3, 0.4) is 0 Å². The van der Waals surface area contributed by atoms with E-state index in [4.69, 9.17) is 26.2 Å². The van der Waals surface area contributed by atoms with Gasteiger partial charge in [-0.15, -0.1) is 0 Å². The van der Waals surface area contributed by atoms with E-state index in [1.165, 1.54) is 49.0 Å². The summed E-state index contributed by atoms with van der Waals surface area (Å²) in [6.45, 7) is 6.70. The van der Waals surface area contributed by atoms with E-state index in [0.717, 1.165) is 32.1 Å². The highest BCUT2D eigenvalue weighted by molar-refractivity contribution is 5.93. The summed E-state index contributed by atoms with van der Waals surface area (Å²) in [6.07, 6.45) is 5.93. The molecule has 0 aliphatic carbocycles. The molecule has 1 saturated heterocycles. The first kappa shape index (κ1) is 34.4. The Labute approximate surface area is 249 Å². The highest BCUT2D eigenvalue weighted by Crippen LogP contribution is 2.24. The number of carboxylic acids is 4. The van der Waals surface area contributed by atoms with Crippen molar-refractivity contribution in [3.63, 3.8) is 0 Å². The Morgan fingerprint density at radius 3 is 1.77 bits per heavy atom. The van der Waals surface area contributed by atoms with E-state index in [1.807, 2.05) is 12.1 Å². The number of likely N-dealkylation sites (tertiary alicyclic amines) is 1. The third-order valence-corrected chi connectivity index (χ3v) is 6.79. The van der Waals surface area contributed by atoms with E-state index in [-0.39, 0.29) is 5.91 Å². The molecule has 43 heavy (non-hydrogen) atoms. The minimum absolute atomic E-state index is 0.348. The largest absolute Gasteiger partial charge is 0.478 e. The second-order valence-corrected chi connectivity index (χ2v) is 10.1. The van der Waals surface area contributed by atoms with Gasteiger partial charge in [0.1, 0.15) is 0 Å². The first-order valence-electron chi connectivity index (χ1n) is 13.6. The number of carbonyl (C=O) groups is 5. The Morgan fingerprint density at radius 1 is 0.721 bits per heavy atom. The molecule has 0 unspecified atom stereocenters. The molecule has 12 heteroatoms. The molecule has 2 aliphatic heterocycles. The lowest BCUT2D eigenvalue weighted by Gasteiger charge is -2.36. The number of nitrogens with two attached hydrogens (primary N) is 1. The van der Waals surface area contributed by atoms with Gasteiger partial charge in [0.05, 0.1) is 0 Å². The SMILES string of the molecule is NC(=O)c1cccc(CN2CCC(CN3CCc4ccccc4C3)CC2)c1.O=C(O)/C=C/C(=O)O.O=C(O)/C=C/C(=O)O. The first-order chi connectivity index (χ1) is 20.4. The normalized spacial score (nSPS) is 15.4. The van der Waals surface area contributed by atoms with Gasteiger partial charge in [0.25, 0.3) is 0 Å². The van der Waals surface area contributed by atoms with Crippen LogP contribution in [0.2, 0.25) is 0 Å². The van der Waals surface area contributed by atoms with Crippen LogP contribution in [-0.2, 0) is 38.7 Å². The molecule has 2 aromatic rings. The summed E-state index contributed by atoms with van der Waals surface area (Å²) in [5.74, 6) is -4.58. The van der Waals surface area contributed by atoms with E-state index < -0.39 is 23.9 Å². The number of hydrogen-bond acceptors (Lipinski definition) is 7. The fourth-order valence-electron chi connectivity index (χ4n) is 4.77. The topological polar surface area (TPSA) is 199 Å². The van der Waals surface area contributed by atoms with Crippen molar-refractivity contribution in [2.24, 2.45) is 11.7 Å².